The third-order valence-electron chi connectivity index (χ3n) is 2.28. The fourth-order valence-electron chi connectivity index (χ4n) is 1.18. The van der Waals surface area contributed by atoms with Gasteiger partial charge < -0.3 is 15.7 Å². The lowest BCUT2D eigenvalue weighted by atomic mass is 10.1. The normalized spacial score (nSPS) is 12.9. The van der Waals surface area contributed by atoms with Crippen LogP contribution in [-0.4, -0.2) is 22.6 Å². The molecule has 1 heterocycles. The number of carbonyl (C=O) groups is 2. The Bertz CT molecular complexity index is 401. The van der Waals surface area contributed by atoms with Crippen molar-refractivity contribution < 1.29 is 14.7 Å². The number of thiophene rings is 1. The van der Waals surface area contributed by atoms with E-state index in [-0.39, 0.29) is 6.04 Å². The number of carboxylic acid groups (broad SMARTS) is 1. The number of aliphatic carboxylic acids is 1. The van der Waals surface area contributed by atoms with Gasteiger partial charge in [0.1, 0.15) is 5.54 Å². The second-order valence-corrected chi connectivity index (χ2v) is 5.24. The van der Waals surface area contributed by atoms with Gasteiger partial charge in [0.15, 0.2) is 0 Å². The first-order chi connectivity index (χ1) is 7.83. The van der Waals surface area contributed by atoms with E-state index in [1.165, 1.54) is 25.2 Å². The van der Waals surface area contributed by atoms with Gasteiger partial charge in [-0.1, -0.05) is 6.07 Å². The Morgan fingerprint density at radius 3 is 2.59 bits per heavy atom. The van der Waals surface area contributed by atoms with Crippen molar-refractivity contribution in [3.8, 4) is 0 Å². The van der Waals surface area contributed by atoms with Gasteiger partial charge in [-0.05, 0) is 32.2 Å². The van der Waals surface area contributed by atoms with Crippen molar-refractivity contribution in [1.29, 1.82) is 0 Å². The Hall–Kier alpha value is -1.56. The molecule has 0 aromatic carbocycles. The van der Waals surface area contributed by atoms with Crippen LogP contribution in [0.5, 0.6) is 0 Å². The molecule has 17 heavy (non-hydrogen) atoms. The molecule has 1 unspecified atom stereocenters. The SMILES string of the molecule is CC(NC(=O)NC(C)(C)C(=O)O)c1cccs1. The third kappa shape index (κ3) is 3.74. The summed E-state index contributed by atoms with van der Waals surface area (Å²) in [6, 6.07) is 3.19. The summed E-state index contributed by atoms with van der Waals surface area (Å²) in [6.45, 7) is 4.72. The first-order valence-corrected chi connectivity index (χ1v) is 6.06. The lowest BCUT2D eigenvalue weighted by Crippen LogP contribution is -2.53. The number of carbonyl (C=O) groups excluding carboxylic acids is 1. The molecule has 0 radical (unpaired) electrons. The highest BCUT2D eigenvalue weighted by molar-refractivity contribution is 7.10. The molecule has 0 saturated carbocycles. The van der Waals surface area contributed by atoms with Gasteiger partial charge in [-0.25, -0.2) is 9.59 Å². The lowest BCUT2D eigenvalue weighted by Gasteiger charge is -2.22. The molecule has 0 bridgehead atoms. The Balaban J connectivity index is 2.53. The summed E-state index contributed by atoms with van der Waals surface area (Å²) in [5.74, 6) is -1.07. The van der Waals surface area contributed by atoms with Crippen molar-refractivity contribution in [2.45, 2.75) is 32.4 Å². The highest BCUT2D eigenvalue weighted by Crippen LogP contribution is 2.17. The highest BCUT2D eigenvalue weighted by Gasteiger charge is 2.29. The molecule has 5 nitrogen and oxygen atoms in total. The van der Waals surface area contributed by atoms with Crippen molar-refractivity contribution in [1.82, 2.24) is 10.6 Å². The van der Waals surface area contributed by atoms with Crippen molar-refractivity contribution in [3.63, 3.8) is 0 Å². The van der Waals surface area contributed by atoms with Crippen molar-refractivity contribution in [3.05, 3.63) is 22.4 Å². The van der Waals surface area contributed by atoms with E-state index >= 15 is 0 Å². The molecule has 1 atom stereocenters. The van der Waals surface area contributed by atoms with Crippen LogP contribution in [0.3, 0.4) is 0 Å². The maximum absolute atomic E-state index is 11.6. The summed E-state index contributed by atoms with van der Waals surface area (Å²) in [5, 5.41) is 15.9. The molecule has 0 aliphatic carbocycles. The molecular formula is C11H16N2O3S. The maximum atomic E-state index is 11.6. The van der Waals surface area contributed by atoms with Crippen LogP contribution in [0.15, 0.2) is 17.5 Å². The van der Waals surface area contributed by atoms with Crippen LogP contribution >= 0.6 is 11.3 Å². The molecule has 0 fully saturated rings. The minimum absolute atomic E-state index is 0.139. The number of amides is 2. The van der Waals surface area contributed by atoms with Crippen molar-refractivity contribution in [2.75, 3.05) is 0 Å². The molecule has 0 aliphatic rings. The number of carboxylic acids is 1. The maximum Gasteiger partial charge on any atom is 0.328 e. The van der Waals surface area contributed by atoms with Gasteiger partial charge in [0.2, 0.25) is 0 Å². The molecule has 0 spiro atoms. The van der Waals surface area contributed by atoms with Gasteiger partial charge in [0.25, 0.3) is 0 Å². The van der Waals surface area contributed by atoms with Crippen LogP contribution in [0.4, 0.5) is 4.79 Å². The highest BCUT2D eigenvalue weighted by atomic mass is 32.1. The van der Waals surface area contributed by atoms with Crippen LogP contribution in [0.25, 0.3) is 0 Å². The number of urea groups is 1. The van der Waals surface area contributed by atoms with Crippen molar-refractivity contribution in [2.24, 2.45) is 0 Å². The average molecular weight is 256 g/mol. The molecule has 1 aromatic rings. The van der Waals surface area contributed by atoms with Crippen LogP contribution in [0, 0.1) is 0 Å². The number of nitrogens with one attached hydrogen (secondary N) is 2. The number of hydrogen-bond acceptors (Lipinski definition) is 3. The molecule has 0 saturated heterocycles. The molecule has 6 heteroatoms. The zero-order chi connectivity index (χ0) is 13.1. The largest absolute Gasteiger partial charge is 0.480 e. The molecular weight excluding hydrogens is 240 g/mol. The van der Waals surface area contributed by atoms with Gasteiger partial charge in [0, 0.05) is 4.88 Å². The Morgan fingerprint density at radius 2 is 2.12 bits per heavy atom. The third-order valence-corrected chi connectivity index (χ3v) is 3.33. The van der Waals surface area contributed by atoms with Gasteiger partial charge in [-0.15, -0.1) is 11.3 Å². The molecule has 1 aromatic heterocycles. The second-order valence-electron chi connectivity index (χ2n) is 4.27. The second kappa shape index (κ2) is 5.18. The van der Waals surface area contributed by atoms with E-state index in [2.05, 4.69) is 10.6 Å². The molecule has 2 amide bonds. The predicted octanol–water partition coefficient (Wildman–Crippen LogP) is 1.97. The zero-order valence-electron chi connectivity index (χ0n) is 9.98. The van der Waals surface area contributed by atoms with E-state index in [0.29, 0.717) is 0 Å². The monoisotopic (exact) mass is 256 g/mol. The van der Waals surface area contributed by atoms with E-state index in [1.54, 1.807) is 0 Å². The van der Waals surface area contributed by atoms with Gasteiger partial charge in [0.05, 0.1) is 6.04 Å². The molecule has 3 N–H and O–H groups in total. The van der Waals surface area contributed by atoms with Gasteiger partial charge in [-0.2, -0.15) is 0 Å². The summed E-state index contributed by atoms with van der Waals surface area (Å²) < 4.78 is 0. The average Bonchev–Trinajstić information content (AvgIpc) is 2.68. The van der Waals surface area contributed by atoms with E-state index in [9.17, 15) is 9.59 Å². The lowest BCUT2D eigenvalue weighted by molar-refractivity contribution is -0.142. The quantitative estimate of drug-likeness (QED) is 0.770. The Morgan fingerprint density at radius 1 is 1.47 bits per heavy atom. The molecule has 94 valence electrons. The summed E-state index contributed by atoms with van der Waals surface area (Å²) >= 11 is 1.54. The first-order valence-electron chi connectivity index (χ1n) is 5.18. The zero-order valence-corrected chi connectivity index (χ0v) is 10.8. The van der Waals surface area contributed by atoms with E-state index in [0.717, 1.165) is 4.88 Å². The fraction of sp³-hybridized carbons (Fsp3) is 0.455. The van der Waals surface area contributed by atoms with Crippen LogP contribution in [0.2, 0.25) is 0 Å². The topological polar surface area (TPSA) is 78.4 Å². The summed E-state index contributed by atoms with van der Waals surface area (Å²) in [5.41, 5.74) is -1.28. The van der Waals surface area contributed by atoms with Crippen LogP contribution < -0.4 is 10.6 Å². The Labute approximate surface area is 104 Å². The smallest absolute Gasteiger partial charge is 0.328 e. The van der Waals surface area contributed by atoms with E-state index in [1.807, 2.05) is 24.4 Å². The predicted molar refractivity (Wildman–Crippen MR) is 66.1 cm³/mol. The van der Waals surface area contributed by atoms with Gasteiger partial charge in [-0.3, -0.25) is 0 Å². The Kier molecular flexibility index (Phi) is 4.11. The van der Waals surface area contributed by atoms with Crippen molar-refractivity contribution >= 4 is 23.3 Å². The minimum atomic E-state index is -1.28. The van der Waals surface area contributed by atoms with Crippen LogP contribution in [-0.2, 0) is 4.79 Å². The summed E-state index contributed by atoms with van der Waals surface area (Å²) in [7, 11) is 0. The van der Waals surface area contributed by atoms with Crippen LogP contribution in [0.1, 0.15) is 31.7 Å². The van der Waals surface area contributed by atoms with Gasteiger partial charge >= 0.3 is 12.0 Å². The standard InChI is InChI=1S/C11H16N2O3S/c1-7(8-5-4-6-17-8)12-10(16)13-11(2,3)9(14)15/h4-7H,1-3H3,(H,14,15)(H2,12,13,16). The molecule has 0 aliphatic heterocycles. The number of hydrogen-bond donors (Lipinski definition) is 3. The molecule has 1 rings (SSSR count). The summed E-state index contributed by atoms with van der Waals surface area (Å²) in [6.07, 6.45) is 0. The summed E-state index contributed by atoms with van der Waals surface area (Å²) in [4.78, 5) is 23.4. The first kappa shape index (κ1) is 13.5. The minimum Gasteiger partial charge on any atom is -0.480 e. The van der Waals surface area contributed by atoms with E-state index in [4.69, 9.17) is 5.11 Å². The fourth-order valence-corrected chi connectivity index (χ4v) is 1.91. The van der Waals surface area contributed by atoms with E-state index < -0.39 is 17.5 Å². The number of rotatable bonds is 4.